The van der Waals surface area contributed by atoms with Gasteiger partial charge in [-0.15, -0.1) is 0 Å². The van der Waals surface area contributed by atoms with Crippen molar-refractivity contribution in [3.63, 3.8) is 0 Å². The first-order valence-corrected chi connectivity index (χ1v) is 8.99. The van der Waals surface area contributed by atoms with Crippen LogP contribution in [0.25, 0.3) is 0 Å². The lowest BCUT2D eigenvalue weighted by Gasteiger charge is -2.12. The molecule has 0 aliphatic rings. The van der Waals surface area contributed by atoms with Gasteiger partial charge in [-0.05, 0) is 49.7 Å². The number of amides is 1. The number of carbonyl (C=O) groups excluding carboxylic acids is 2. The van der Waals surface area contributed by atoms with Crippen molar-refractivity contribution < 1.29 is 23.5 Å². The Balaban J connectivity index is 1.67. The van der Waals surface area contributed by atoms with E-state index in [0.29, 0.717) is 5.75 Å². The highest BCUT2D eigenvalue weighted by Gasteiger charge is 2.17. The molecule has 148 valence electrons. The summed E-state index contributed by atoms with van der Waals surface area (Å²) in [6.45, 7) is 3.42. The second kappa shape index (κ2) is 9.01. The van der Waals surface area contributed by atoms with Crippen LogP contribution in [-0.4, -0.2) is 18.5 Å². The van der Waals surface area contributed by atoms with Crippen LogP contribution in [0, 0.1) is 19.7 Å². The predicted molar refractivity (Wildman–Crippen MR) is 108 cm³/mol. The van der Waals surface area contributed by atoms with Crippen molar-refractivity contribution >= 4 is 17.6 Å². The number of halogens is 1. The van der Waals surface area contributed by atoms with Crippen LogP contribution in [0.5, 0.6) is 11.5 Å². The molecular weight excluding hydrogens is 373 g/mol. The maximum Gasteiger partial charge on any atom is 0.347 e. The number of hydrogen-bond donors (Lipinski definition) is 1. The summed E-state index contributed by atoms with van der Waals surface area (Å²) >= 11 is 0. The van der Waals surface area contributed by atoms with E-state index in [1.54, 1.807) is 36.4 Å². The fraction of sp³-hybridized carbons (Fsp3) is 0.130. The Morgan fingerprint density at radius 3 is 2.41 bits per heavy atom. The molecule has 0 unspecified atom stereocenters. The van der Waals surface area contributed by atoms with Gasteiger partial charge in [0.15, 0.2) is 6.61 Å². The maximum atomic E-state index is 13.6. The smallest absolute Gasteiger partial charge is 0.347 e. The summed E-state index contributed by atoms with van der Waals surface area (Å²) in [5.41, 5.74) is 2.14. The minimum Gasteiger partial charge on any atom is -0.483 e. The summed E-state index contributed by atoms with van der Waals surface area (Å²) < 4.78 is 24.6. The third kappa shape index (κ3) is 5.19. The molecule has 0 saturated heterocycles. The molecule has 0 atom stereocenters. The summed E-state index contributed by atoms with van der Waals surface area (Å²) in [6, 6.07) is 17.8. The van der Waals surface area contributed by atoms with Gasteiger partial charge in [-0.3, -0.25) is 4.79 Å². The van der Waals surface area contributed by atoms with E-state index >= 15 is 0 Å². The Morgan fingerprint density at radius 2 is 1.66 bits per heavy atom. The lowest BCUT2D eigenvalue weighted by atomic mass is 10.1. The summed E-state index contributed by atoms with van der Waals surface area (Å²) in [5.74, 6) is -1.04. The Kier molecular flexibility index (Phi) is 6.24. The zero-order valence-electron chi connectivity index (χ0n) is 16.1. The van der Waals surface area contributed by atoms with Crippen LogP contribution in [0.1, 0.15) is 21.5 Å². The van der Waals surface area contributed by atoms with Gasteiger partial charge in [-0.1, -0.05) is 42.0 Å². The fourth-order valence-electron chi connectivity index (χ4n) is 2.72. The monoisotopic (exact) mass is 393 g/mol. The van der Waals surface area contributed by atoms with Crippen LogP contribution >= 0.6 is 0 Å². The number of nitrogens with one attached hydrogen (secondary N) is 1. The summed E-state index contributed by atoms with van der Waals surface area (Å²) in [6.07, 6.45) is 0. The molecule has 0 spiro atoms. The van der Waals surface area contributed by atoms with Crippen LogP contribution < -0.4 is 14.8 Å². The van der Waals surface area contributed by atoms with Crippen molar-refractivity contribution in [3.05, 3.63) is 89.2 Å². The molecule has 1 N–H and O–H groups in total. The second-order valence-corrected chi connectivity index (χ2v) is 6.47. The molecule has 0 radical (unpaired) electrons. The quantitative estimate of drug-likeness (QED) is 0.488. The average Bonchev–Trinajstić information content (AvgIpc) is 2.70. The number of para-hydroxylation sites is 2. The van der Waals surface area contributed by atoms with Gasteiger partial charge in [-0.2, -0.15) is 0 Å². The van der Waals surface area contributed by atoms with E-state index in [4.69, 9.17) is 9.47 Å². The minimum absolute atomic E-state index is 0.0589. The SMILES string of the molecule is Cc1ccc(OC(=O)c2ccccc2OCC(=O)Nc2ccccc2F)c(C)c1. The van der Waals surface area contributed by atoms with Gasteiger partial charge >= 0.3 is 5.97 Å². The number of ether oxygens (including phenoxy) is 2. The van der Waals surface area contributed by atoms with E-state index in [1.807, 2.05) is 26.0 Å². The van der Waals surface area contributed by atoms with E-state index in [-0.39, 0.29) is 23.6 Å². The Morgan fingerprint density at radius 1 is 0.931 bits per heavy atom. The number of aryl methyl sites for hydroxylation is 2. The number of hydrogen-bond acceptors (Lipinski definition) is 4. The number of carbonyl (C=O) groups is 2. The highest BCUT2D eigenvalue weighted by atomic mass is 19.1. The Labute approximate surface area is 168 Å². The second-order valence-electron chi connectivity index (χ2n) is 6.47. The van der Waals surface area contributed by atoms with Crippen molar-refractivity contribution in [2.45, 2.75) is 13.8 Å². The first-order chi connectivity index (χ1) is 13.9. The van der Waals surface area contributed by atoms with Gasteiger partial charge in [-0.25, -0.2) is 9.18 Å². The number of esters is 1. The average molecular weight is 393 g/mol. The normalized spacial score (nSPS) is 10.3. The van der Waals surface area contributed by atoms with Crippen molar-refractivity contribution in [1.29, 1.82) is 0 Å². The number of rotatable bonds is 6. The molecule has 0 fully saturated rings. The standard InChI is InChI=1S/C23H20FNO4/c1-15-11-12-20(16(2)13-15)29-23(27)17-7-3-6-10-21(17)28-14-22(26)25-19-9-5-4-8-18(19)24/h3-13H,14H2,1-2H3,(H,25,26). The Bertz CT molecular complexity index is 1050. The third-order valence-corrected chi connectivity index (χ3v) is 4.15. The first-order valence-electron chi connectivity index (χ1n) is 8.99. The van der Waals surface area contributed by atoms with Crippen LogP contribution in [-0.2, 0) is 4.79 Å². The number of anilines is 1. The maximum absolute atomic E-state index is 13.6. The van der Waals surface area contributed by atoms with Crippen molar-refractivity contribution in [3.8, 4) is 11.5 Å². The van der Waals surface area contributed by atoms with Crippen LogP contribution in [0.2, 0.25) is 0 Å². The van der Waals surface area contributed by atoms with E-state index < -0.39 is 17.7 Å². The molecule has 29 heavy (non-hydrogen) atoms. The van der Waals surface area contributed by atoms with E-state index in [1.165, 1.54) is 18.2 Å². The van der Waals surface area contributed by atoms with E-state index in [0.717, 1.165) is 11.1 Å². The summed E-state index contributed by atoms with van der Waals surface area (Å²) in [5, 5.41) is 2.43. The van der Waals surface area contributed by atoms with E-state index in [9.17, 15) is 14.0 Å². The third-order valence-electron chi connectivity index (χ3n) is 4.15. The van der Waals surface area contributed by atoms with Crippen LogP contribution in [0.15, 0.2) is 66.7 Å². The van der Waals surface area contributed by atoms with Gasteiger partial charge < -0.3 is 14.8 Å². The van der Waals surface area contributed by atoms with Gasteiger partial charge in [0.05, 0.1) is 5.69 Å². The van der Waals surface area contributed by atoms with Gasteiger partial charge in [0.25, 0.3) is 5.91 Å². The molecular formula is C23H20FNO4. The van der Waals surface area contributed by atoms with Gasteiger partial charge in [0.2, 0.25) is 0 Å². The van der Waals surface area contributed by atoms with Gasteiger partial charge in [0.1, 0.15) is 22.9 Å². The van der Waals surface area contributed by atoms with E-state index in [2.05, 4.69) is 5.32 Å². The zero-order valence-corrected chi connectivity index (χ0v) is 16.1. The molecule has 0 saturated carbocycles. The topological polar surface area (TPSA) is 64.6 Å². The predicted octanol–water partition coefficient (Wildman–Crippen LogP) is 4.68. The minimum atomic E-state index is -0.595. The molecule has 6 heteroatoms. The molecule has 0 aliphatic heterocycles. The molecule has 3 aromatic carbocycles. The lowest BCUT2D eigenvalue weighted by Crippen LogP contribution is -2.22. The highest BCUT2D eigenvalue weighted by Crippen LogP contribution is 2.24. The van der Waals surface area contributed by atoms with Crippen molar-refractivity contribution in [2.24, 2.45) is 0 Å². The van der Waals surface area contributed by atoms with Gasteiger partial charge in [0, 0.05) is 0 Å². The molecule has 0 aromatic heterocycles. The largest absolute Gasteiger partial charge is 0.483 e. The Hall–Kier alpha value is -3.67. The van der Waals surface area contributed by atoms with Crippen LogP contribution in [0.3, 0.4) is 0 Å². The molecule has 0 aliphatic carbocycles. The summed E-state index contributed by atoms with van der Waals surface area (Å²) in [7, 11) is 0. The van der Waals surface area contributed by atoms with Crippen molar-refractivity contribution in [2.75, 3.05) is 11.9 Å². The number of benzene rings is 3. The molecule has 3 aromatic rings. The van der Waals surface area contributed by atoms with Crippen LogP contribution in [0.4, 0.5) is 10.1 Å². The zero-order chi connectivity index (χ0) is 20.8. The highest BCUT2D eigenvalue weighted by molar-refractivity contribution is 5.95. The van der Waals surface area contributed by atoms with Crippen molar-refractivity contribution in [1.82, 2.24) is 0 Å². The molecule has 1 amide bonds. The molecule has 0 bridgehead atoms. The molecule has 3 rings (SSSR count). The lowest BCUT2D eigenvalue weighted by molar-refractivity contribution is -0.118. The molecule has 0 heterocycles. The summed E-state index contributed by atoms with van der Waals surface area (Å²) in [4.78, 5) is 24.7. The fourth-order valence-corrected chi connectivity index (χ4v) is 2.72. The first kappa shape index (κ1) is 20.1. The molecule has 5 nitrogen and oxygen atoms in total.